The Morgan fingerprint density at radius 2 is 1.95 bits per heavy atom. The number of halogens is 2. The highest BCUT2D eigenvalue weighted by molar-refractivity contribution is 5.86. The SMILES string of the molecule is CC(C)CN1CCC(CNC(=O)C2(N)CCCC2)C1.Cl.Cl. The van der Waals surface area contributed by atoms with Crippen molar-refractivity contribution in [2.75, 3.05) is 26.2 Å². The minimum atomic E-state index is -0.573. The van der Waals surface area contributed by atoms with E-state index in [4.69, 9.17) is 5.73 Å². The van der Waals surface area contributed by atoms with Gasteiger partial charge >= 0.3 is 0 Å². The van der Waals surface area contributed by atoms with Crippen molar-refractivity contribution >= 4 is 30.7 Å². The van der Waals surface area contributed by atoms with Gasteiger partial charge in [0.25, 0.3) is 0 Å². The number of likely N-dealkylation sites (tertiary alicyclic amines) is 1. The number of amides is 1. The zero-order chi connectivity index (χ0) is 13.9. The van der Waals surface area contributed by atoms with Crippen LogP contribution in [-0.2, 0) is 4.79 Å². The summed E-state index contributed by atoms with van der Waals surface area (Å²) in [5, 5.41) is 3.09. The van der Waals surface area contributed by atoms with Crippen LogP contribution in [0.25, 0.3) is 0 Å². The Hall–Kier alpha value is -0.0300. The number of hydrogen-bond acceptors (Lipinski definition) is 3. The predicted octanol–water partition coefficient (Wildman–Crippen LogP) is 2.20. The second kappa shape index (κ2) is 9.19. The molecule has 0 aromatic heterocycles. The lowest BCUT2D eigenvalue weighted by Crippen LogP contribution is -2.52. The van der Waals surface area contributed by atoms with Gasteiger partial charge < -0.3 is 16.0 Å². The Morgan fingerprint density at radius 1 is 1.33 bits per heavy atom. The van der Waals surface area contributed by atoms with Gasteiger partial charge in [-0.1, -0.05) is 26.7 Å². The molecule has 0 aromatic carbocycles. The van der Waals surface area contributed by atoms with E-state index >= 15 is 0 Å². The molecule has 0 radical (unpaired) electrons. The molecule has 0 bridgehead atoms. The summed E-state index contributed by atoms with van der Waals surface area (Å²) >= 11 is 0. The van der Waals surface area contributed by atoms with E-state index in [2.05, 4.69) is 24.1 Å². The van der Waals surface area contributed by atoms with E-state index in [1.165, 1.54) is 19.5 Å². The fraction of sp³-hybridized carbons (Fsp3) is 0.933. The smallest absolute Gasteiger partial charge is 0.240 e. The average Bonchev–Trinajstić information content (AvgIpc) is 2.95. The van der Waals surface area contributed by atoms with Crippen LogP contribution >= 0.6 is 24.8 Å². The highest BCUT2D eigenvalue weighted by Crippen LogP contribution is 2.27. The van der Waals surface area contributed by atoms with E-state index < -0.39 is 5.54 Å². The first-order valence-corrected chi connectivity index (χ1v) is 7.79. The number of nitrogens with two attached hydrogens (primary N) is 1. The van der Waals surface area contributed by atoms with Gasteiger partial charge in [-0.15, -0.1) is 24.8 Å². The molecule has 126 valence electrons. The summed E-state index contributed by atoms with van der Waals surface area (Å²) in [6, 6.07) is 0. The van der Waals surface area contributed by atoms with Crippen LogP contribution in [0.3, 0.4) is 0 Å². The fourth-order valence-electron chi connectivity index (χ4n) is 3.41. The van der Waals surface area contributed by atoms with Gasteiger partial charge in [-0.2, -0.15) is 0 Å². The number of nitrogens with one attached hydrogen (secondary N) is 1. The molecule has 2 aliphatic rings. The van der Waals surface area contributed by atoms with Crippen LogP contribution in [0.4, 0.5) is 0 Å². The van der Waals surface area contributed by atoms with E-state index in [1.54, 1.807) is 0 Å². The van der Waals surface area contributed by atoms with Gasteiger partial charge in [0, 0.05) is 19.6 Å². The van der Waals surface area contributed by atoms with E-state index in [-0.39, 0.29) is 30.7 Å². The van der Waals surface area contributed by atoms with Gasteiger partial charge in [0.1, 0.15) is 0 Å². The van der Waals surface area contributed by atoms with Crippen LogP contribution in [0.2, 0.25) is 0 Å². The normalized spacial score (nSPS) is 24.5. The Morgan fingerprint density at radius 3 is 2.52 bits per heavy atom. The van der Waals surface area contributed by atoms with E-state index in [1.807, 2.05) is 0 Å². The summed E-state index contributed by atoms with van der Waals surface area (Å²) in [4.78, 5) is 14.6. The zero-order valence-electron chi connectivity index (χ0n) is 13.3. The molecule has 3 N–H and O–H groups in total. The van der Waals surface area contributed by atoms with Gasteiger partial charge in [0.05, 0.1) is 5.54 Å². The second-order valence-electron chi connectivity index (χ2n) is 6.88. The molecule has 1 aliphatic carbocycles. The van der Waals surface area contributed by atoms with Crippen LogP contribution in [0.5, 0.6) is 0 Å². The standard InChI is InChI=1S/C15H29N3O.2ClH/c1-12(2)10-18-8-5-13(11-18)9-17-14(19)15(16)6-3-4-7-15;;/h12-13H,3-11,16H2,1-2H3,(H,17,19);2*1H. The molecule has 0 spiro atoms. The third-order valence-corrected chi connectivity index (χ3v) is 4.49. The van der Waals surface area contributed by atoms with Crippen molar-refractivity contribution in [3.63, 3.8) is 0 Å². The summed E-state index contributed by atoms with van der Waals surface area (Å²) in [5.41, 5.74) is 5.58. The van der Waals surface area contributed by atoms with Gasteiger partial charge in [-0.05, 0) is 37.6 Å². The Kier molecular flexibility index (Phi) is 9.17. The Labute approximate surface area is 141 Å². The molecule has 1 unspecified atom stereocenters. The summed E-state index contributed by atoms with van der Waals surface area (Å²) in [5.74, 6) is 1.40. The van der Waals surface area contributed by atoms with Crippen molar-refractivity contribution in [1.29, 1.82) is 0 Å². The number of hydrogen-bond donors (Lipinski definition) is 2. The summed E-state index contributed by atoms with van der Waals surface area (Å²) < 4.78 is 0. The molecule has 1 saturated heterocycles. The highest BCUT2D eigenvalue weighted by Gasteiger charge is 2.37. The van der Waals surface area contributed by atoms with E-state index in [9.17, 15) is 4.79 Å². The van der Waals surface area contributed by atoms with Crippen LogP contribution in [0.15, 0.2) is 0 Å². The lowest BCUT2D eigenvalue weighted by Gasteiger charge is -2.23. The molecule has 0 aromatic rings. The van der Waals surface area contributed by atoms with Crippen molar-refractivity contribution in [1.82, 2.24) is 10.2 Å². The molecule has 1 aliphatic heterocycles. The second-order valence-corrected chi connectivity index (χ2v) is 6.88. The number of nitrogens with zero attached hydrogens (tertiary/aromatic N) is 1. The maximum Gasteiger partial charge on any atom is 0.240 e. The molecular formula is C15H31Cl2N3O. The molecule has 6 heteroatoms. The van der Waals surface area contributed by atoms with Crippen LogP contribution in [0, 0.1) is 11.8 Å². The van der Waals surface area contributed by atoms with E-state index in [0.717, 1.165) is 44.7 Å². The number of rotatable bonds is 5. The van der Waals surface area contributed by atoms with Gasteiger partial charge in [0.2, 0.25) is 5.91 Å². The lowest BCUT2D eigenvalue weighted by atomic mass is 9.97. The first-order valence-electron chi connectivity index (χ1n) is 7.79. The van der Waals surface area contributed by atoms with Crippen molar-refractivity contribution in [2.24, 2.45) is 17.6 Å². The molecule has 2 fully saturated rings. The average molecular weight is 340 g/mol. The molecule has 4 nitrogen and oxygen atoms in total. The first kappa shape index (κ1) is 21.0. The minimum absolute atomic E-state index is 0. The molecule has 21 heavy (non-hydrogen) atoms. The lowest BCUT2D eigenvalue weighted by molar-refractivity contribution is -0.126. The largest absolute Gasteiger partial charge is 0.354 e. The quantitative estimate of drug-likeness (QED) is 0.807. The van der Waals surface area contributed by atoms with Crippen molar-refractivity contribution < 1.29 is 4.79 Å². The maximum absolute atomic E-state index is 12.1. The Bertz CT molecular complexity index is 320. The number of carbonyl (C=O) groups is 1. The highest BCUT2D eigenvalue weighted by atomic mass is 35.5. The van der Waals surface area contributed by atoms with Crippen LogP contribution < -0.4 is 11.1 Å². The van der Waals surface area contributed by atoms with E-state index in [0.29, 0.717) is 5.92 Å². The van der Waals surface area contributed by atoms with Crippen LogP contribution in [0.1, 0.15) is 46.0 Å². The minimum Gasteiger partial charge on any atom is -0.354 e. The first-order chi connectivity index (χ1) is 8.99. The molecule has 1 amide bonds. The molecule has 1 saturated carbocycles. The summed E-state index contributed by atoms with van der Waals surface area (Å²) in [7, 11) is 0. The molecule has 1 atom stereocenters. The van der Waals surface area contributed by atoms with Gasteiger partial charge in [0.15, 0.2) is 0 Å². The monoisotopic (exact) mass is 339 g/mol. The third kappa shape index (κ3) is 5.93. The Balaban J connectivity index is 0.00000200. The molecular weight excluding hydrogens is 309 g/mol. The summed E-state index contributed by atoms with van der Waals surface area (Å²) in [6.07, 6.45) is 5.08. The predicted molar refractivity (Wildman–Crippen MR) is 92.3 cm³/mol. The fourth-order valence-corrected chi connectivity index (χ4v) is 3.41. The van der Waals surface area contributed by atoms with Gasteiger partial charge in [-0.25, -0.2) is 0 Å². The summed E-state index contributed by atoms with van der Waals surface area (Å²) in [6.45, 7) is 8.78. The van der Waals surface area contributed by atoms with Gasteiger partial charge in [-0.3, -0.25) is 4.79 Å². The van der Waals surface area contributed by atoms with Crippen molar-refractivity contribution in [2.45, 2.75) is 51.5 Å². The molecule has 2 rings (SSSR count). The van der Waals surface area contributed by atoms with Crippen LogP contribution in [-0.4, -0.2) is 42.5 Å². The maximum atomic E-state index is 12.1. The zero-order valence-corrected chi connectivity index (χ0v) is 14.9. The third-order valence-electron chi connectivity index (χ3n) is 4.49. The number of carbonyl (C=O) groups excluding carboxylic acids is 1. The topological polar surface area (TPSA) is 58.4 Å². The van der Waals surface area contributed by atoms with Crippen molar-refractivity contribution in [3.05, 3.63) is 0 Å². The molecule has 1 heterocycles. The van der Waals surface area contributed by atoms with Crippen molar-refractivity contribution in [3.8, 4) is 0 Å².